The van der Waals surface area contributed by atoms with E-state index in [9.17, 15) is 33.6 Å². The molecule has 4 rings (SSSR count). The van der Waals surface area contributed by atoms with Crippen molar-refractivity contribution in [2.45, 2.75) is 104 Å². The summed E-state index contributed by atoms with van der Waals surface area (Å²) in [6, 6.07) is 4.16. The Labute approximate surface area is 306 Å². The Hall–Kier alpha value is -4.49. The summed E-state index contributed by atoms with van der Waals surface area (Å²) in [7, 11) is 3.13. The maximum Gasteiger partial charge on any atom is 0.315 e. The number of likely N-dealkylation sites (N-methyl/N-ethyl adjacent to an activating group) is 1. The molecular weight excluding hydrogens is 666 g/mol. The normalized spacial score (nSPS) is 22.1. The van der Waals surface area contributed by atoms with E-state index in [1.54, 1.807) is 44.4 Å². The number of hydrogen-bond acceptors (Lipinski definition) is 7. The molecule has 1 aliphatic heterocycles. The fourth-order valence-electron chi connectivity index (χ4n) is 7.12. The van der Waals surface area contributed by atoms with Crippen LogP contribution < -0.4 is 26.6 Å². The zero-order valence-electron chi connectivity index (χ0n) is 32.2. The molecule has 2 saturated carbocycles. The second-order valence-corrected chi connectivity index (χ2v) is 17.5. The number of carbonyl (C=O) groups excluding carboxylic acids is 7. The predicted octanol–water partition coefficient (Wildman–Crippen LogP) is 1.90. The van der Waals surface area contributed by atoms with Crippen molar-refractivity contribution in [1.82, 2.24) is 36.4 Å². The van der Waals surface area contributed by atoms with E-state index < -0.39 is 77.1 Å². The van der Waals surface area contributed by atoms with E-state index in [0.29, 0.717) is 12.1 Å². The number of fused-ring (bicyclic) bond motifs is 1. The van der Waals surface area contributed by atoms with Crippen molar-refractivity contribution >= 4 is 41.4 Å². The summed E-state index contributed by atoms with van der Waals surface area (Å²) in [5.41, 5.74) is -0.890. The Kier molecular flexibility index (Phi) is 11.8. The largest absolute Gasteiger partial charge is 0.347 e. The van der Waals surface area contributed by atoms with Crippen molar-refractivity contribution in [3.63, 3.8) is 0 Å². The number of nitrogens with zero attached hydrogens (tertiary/aromatic N) is 2. The molecule has 14 nitrogen and oxygen atoms in total. The molecule has 3 aliphatic rings. The highest BCUT2D eigenvalue weighted by Crippen LogP contribution is 2.65. The number of likely N-dealkylation sites (tertiary alicyclic amines) is 1. The van der Waals surface area contributed by atoms with Gasteiger partial charge >= 0.3 is 6.03 Å². The van der Waals surface area contributed by atoms with Gasteiger partial charge in [0.2, 0.25) is 29.4 Å². The Balaban J connectivity index is 1.46. The van der Waals surface area contributed by atoms with Crippen LogP contribution in [0.5, 0.6) is 0 Å². The van der Waals surface area contributed by atoms with Gasteiger partial charge in [-0.1, -0.05) is 77.8 Å². The molecule has 0 aromatic heterocycles. The lowest BCUT2D eigenvalue weighted by Gasteiger charge is -2.38. The van der Waals surface area contributed by atoms with E-state index in [4.69, 9.17) is 0 Å². The number of benzene rings is 1. The predicted molar refractivity (Wildman–Crippen MR) is 194 cm³/mol. The fourth-order valence-corrected chi connectivity index (χ4v) is 7.12. The summed E-state index contributed by atoms with van der Waals surface area (Å²) in [5.74, 6) is -3.87. The van der Waals surface area contributed by atoms with Crippen molar-refractivity contribution in [1.29, 1.82) is 0 Å². The van der Waals surface area contributed by atoms with Crippen molar-refractivity contribution in [2.75, 3.05) is 27.2 Å². The van der Waals surface area contributed by atoms with E-state index in [1.807, 2.05) is 55.4 Å². The minimum Gasteiger partial charge on any atom is -0.347 e. The summed E-state index contributed by atoms with van der Waals surface area (Å²) >= 11 is 0. The average molecular weight is 724 g/mol. The molecule has 1 heterocycles. The number of piperidine rings is 1. The summed E-state index contributed by atoms with van der Waals surface area (Å²) in [4.78, 5) is 96.6. The third kappa shape index (κ3) is 9.68. The van der Waals surface area contributed by atoms with Gasteiger partial charge in [0, 0.05) is 26.2 Å². The maximum atomic E-state index is 14.2. The number of Topliss-reactive ketones (excluding diaryl/α,β-unsaturated/α-hetero) is 1. The smallest absolute Gasteiger partial charge is 0.315 e. The molecule has 0 radical (unpaired) electrons. The van der Waals surface area contributed by atoms with Crippen molar-refractivity contribution in [2.24, 2.45) is 28.6 Å². The lowest BCUT2D eigenvalue weighted by atomic mass is 9.85. The molecule has 2 aliphatic carbocycles. The van der Waals surface area contributed by atoms with Gasteiger partial charge in [-0.2, -0.15) is 0 Å². The minimum absolute atomic E-state index is 0.0507. The van der Waals surface area contributed by atoms with Gasteiger partial charge in [-0.15, -0.1) is 0 Å². The van der Waals surface area contributed by atoms with Gasteiger partial charge in [0.15, 0.2) is 0 Å². The highest BCUT2D eigenvalue weighted by atomic mass is 16.2. The molecule has 1 aromatic rings. The second-order valence-electron chi connectivity index (χ2n) is 17.5. The lowest BCUT2D eigenvalue weighted by molar-refractivity contribution is -0.145. The van der Waals surface area contributed by atoms with Crippen molar-refractivity contribution in [3.8, 4) is 0 Å². The van der Waals surface area contributed by atoms with Crippen LogP contribution in [0.2, 0.25) is 0 Å². The zero-order valence-corrected chi connectivity index (χ0v) is 32.2. The van der Waals surface area contributed by atoms with Crippen LogP contribution >= 0.6 is 0 Å². The van der Waals surface area contributed by atoms with Crippen LogP contribution in [0, 0.1) is 28.6 Å². The SMILES string of the molecule is CN(C)C(=O)[C@@H](NC(=O)CNC(=O)C(=O)C(CC1CC1)NC(=O)C1C2[C@H](CN1C(=O)C(NC(=O)NC(C)(C)C)C(C)(C)C)C2(C)C)c1ccccc1. The molecule has 7 amide bonds. The highest BCUT2D eigenvalue weighted by Gasteiger charge is 2.70. The van der Waals surface area contributed by atoms with Gasteiger partial charge in [0.1, 0.15) is 18.1 Å². The van der Waals surface area contributed by atoms with Gasteiger partial charge < -0.3 is 36.4 Å². The van der Waals surface area contributed by atoms with E-state index in [-0.39, 0.29) is 35.5 Å². The first kappa shape index (κ1) is 40.3. The molecule has 52 heavy (non-hydrogen) atoms. The van der Waals surface area contributed by atoms with Crippen LogP contribution in [0.25, 0.3) is 0 Å². The minimum atomic E-state index is -1.16. The molecule has 286 valence electrons. The summed E-state index contributed by atoms with van der Waals surface area (Å²) < 4.78 is 0. The summed E-state index contributed by atoms with van der Waals surface area (Å²) in [6.07, 6.45) is 1.95. The van der Waals surface area contributed by atoms with Crippen LogP contribution in [-0.2, 0) is 28.8 Å². The molecule has 1 saturated heterocycles. The van der Waals surface area contributed by atoms with Crippen molar-refractivity contribution < 1.29 is 33.6 Å². The van der Waals surface area contributed by atoms with E-state index in [1.165, 1.54) is 9.80 Å². The van der Waals surface area contributed by atoms with Crippen LogP contribution in [-0.4, -0.2) is 102 Å². The standard InChI is InChI=1S/C38H57N7O7/c1-36(2,3)30(42-35(52)43-37(4,5)6)34(51)45-20-23-26(38(23,7)8)28(45)31(48)40-24(18-21-16-17-21)29(47)32(49)39-19-25(46)41-27(33(50)44(9)10)22-14-12-11-13-15-22/h11-15,21,23-24,26-28,30H,16-20H2,1-10H3,(H,39,49)(H,40,48)(H,41,46)(H2,42,43,52)/t23-,24?,26?,27-,28?,30?/m0/s1. The first-order chi connectivity index (χ1) is 24.0. The van der Waals surface area contributed by atoms with Gasteiger partial charge in [0.05, 0.1) is 12.6 Å². The Morgan fingerprint density at radius 1 is 0.904 bits per heavy atom. The number of nitrogens with one attached hydrogen (secondary N) is 5. The van der Waals surface area contributed by atoms with Gasteiger partial charge in [-0.3, -0.25) is 28.8 Å². The summed E-state index contributed by atoms with van der Waals surface area (Å²) in [6.45, 7) is 14.9. The number of amides is 7. The van der Waals surface area contributed by atoms with Gasteiger partial charge in [-0.25, -0.2) is 4.79 Å². The molecular formula is C38H57N7O7. The average Bonchev–Trinajstić information content (AvgIpc) is 3.90. The molecule has 4 unspecified atom stereocenters. The molecule has 14 heteroatoms. The van der Waals surface area contributed by atoms with Crippen LogP contribution in [0.1, 0.15) is 86.3 Å². The monoisotopic (exact) mass is 723 g/mol. The van der Waals surface area contributed by atoms with Gasteiger partial charge in [-0.05, 0) is 61.3 Å². The fraction of sp³-hybridized carbons (Fsp3) is 0.658. The van der Waals surface area contributed by atoms with E-state index in [0.717, 1.165) is 12.8 Å². The molecule has 0 bridgehead atoms. The zero-order chi connectivity index (χ0) is 38.9. The third-order valence-electron chi connectivity index (χ3n) is 10.3. The van der Waals surface area contributed by atoms with Crippen LogP contribution in [0.4, 0.5) is 4.79 Å². The second kappa shape index (κ2) is 15.2. The number of urea groups is 1. The van der Waals surface area contributed by atoms with Crippen LogP contribution in [0.3, 0.4) is 0 Å². The van der Waals surface area contributed by atoms with E-state index in [2.05, 4.69) is 26.6 Å². The van der Waals surface area contributed by atoms with Crippen molar-refractivity contribution in [3.05, 3.63) is 35.9 Å². The highest BCUT2D eigenvalue weighted by molar-refractivity contribution is 6.38. The van der Waals surface area contributed by atoms with E-state index >= 15 is 0 Å². The summed E-state index contributed by atoms with van der Waals surface area (Å²) in [5, 5.41) is 13.5. The molecule has 5 N–H and O–H groups in total. The maximum absolute atomic E-state index is 14.2. The topological polar surface area (TPSA) is 186 Å². The number of ketones is 1. The first-order valence-electron chi connectivity index (χ1n) is 18.1. The number of rotatable bonds is 13. The first-order valence-corrected chi connectivity index (χ1v) is 18.1. The van der Waals surface area contributed by atoms with Crippen LogP contribution in [0.15, 0.2) is 30.3 Å². The molecule has 6 atom stereocenters. The Morgan fingerprint density at radius 3 is 2.06 bits per heavy atom. The van der Waals surface area contributed by atoms with Gasteiger partial charge in [0.25, 0.3) is 5.91 Å². The number of hydrogen-bond donors (Lipinski definition) is 5. The Bertz CT molecular complexity index is 1560. The molecule has 0 spiro atoms. The third-order valence-corrected chi connectivity index (χ3v) is 10.3. The Morgan fingerprint density at radius 2 is 1.52 bits per heavy atom. The quantitative estimate of drug-likeness (QED) is 0.192. The molecule has 1 aromatic carbocycles. The number of carbonyl (C=O) groups is 7. The molecule has 3 fully saturated rings. The lowest BCUT2D eigenvalue weighted by Crippen LogP contribution is -2.62.